The summed E-state index contributed by atoms with van der Waals surface area (Å²) in [7, 11) is 0. The van der Waals surface area contributed by atoms with E-state index in [0.29, 0.717) is 28.5 Å². The Morgan fingerprint density at radius 2 is 1.89 bits per heavy atom. The van der Waals surface area contributed by atoms with Crippen LogP contribution in [0.5, 0.6) is 0 Å². The summed E-state index contributed by atoms with van der Waals surface area (Å²) in [4.78, 5) is 13.1. The number of nitrogens with two attached hydrogens (primary N) is 1. The second-order valence-corrected chi connectivity index (χ2v) is 6.85. The molecule has 1 aromatic carbocycles. The third-order valence-corrected chi connectivity index (χ3v) is 4.54. The van der Waals surface area contributed by atoms with Crippen LogP contribution >= 0.6 is 0 Å². The Hall–Kier alpha value is -3.55. The van der Waals surface area contributed by atoms with Crippen molar-refractivity contribution >= 4 is 17.3 Å². The van der Waals surface area contributed by atoms with Gasteiger partial charge in [-0.15, -0.1) is 5.10 Å². The zero-order valence-electron chi connectivity index (χ0n) is 15.5. The Labute approximate surface area is 161 Å². The van der Waals surface area contributed by atoms with Crippen LogP contribution in [0.25, 0.3) is 16.9 Å². The first-order valence-electron chi connectivity index (χ1n) is 8.96. The number of hydrogen-bond donors (Lipinski definition) is 2. The second kappa shape index (κ2) is 7.22. The smallest absolute Gasteiger partial charge is 0.166 e. The van der Waals surface area contributed by atoms with Crippen LogP contribution in [0, 0.1) is 11.7 Å². The summed E-state index contributed by atoms with van der Waals surface area (Å²) >= 11 is 0. The Balaban J connectivity index is 1.70. The highest BCUT2D eigenvalue weighted by Gasteiger charge is 2.19. The summed E-state index contributed by atoms with van der Waals surface area (Å²) in [6.45, 7) is 4.19. The fraction of sp³-hybridized carbons (Fsp3) is 0.200. The normalized spacial score (nSPS) is 12.4. The van der Waals surface area contributed by atoms with Crippen LogP contribution in [0.2, 0.25) is 0 Å². The number of aromatic nitrogens is 5. The molecule has 142 valence electrons. The highest BCUT2D eigenvalue weighted by molar-refractivity contribution is 5.84. The number of nitrogen functional groups attached to an aromatic ring is 1. The zero-order chi connectivity index (χ0) is 19.7. The van der Waals surface area contributed by atoms with Crippen LogP contribution in [-0.4, -0.2) is 24.6 Å². The molecule has 0 aliphatic rings. The molecule has 8 heteroatoms. The first-order chi connectivity index (χ1) is 13.5. The molecule has 0 unspecified atom stereocenters. The molecule has 3 heterocycles. The predicted octanol–water partition coefficient (Wildman–Crippen LogP) is 3.72. The van der Waals surface area contributed by atoms with Gasteiger partial charge in [0, 0.05) is 18.5 Å². The number of hydrogen-bond acceptors (Lipinski definition) is 6. The van der Waals surface area contributed by atoms with Gasteiger partial charge in [0.1, 0.15) is 18.0 Å². The van der Waals surface area contributed by atoms with Crippen LogP contribution in [0.1, 0.15) is 25.5 Å². The van der Waals surface area contributed by atoms with Crippen LogP contribution < -0.4 is 11.1 Å². The van der Waals surface area contributed by atoms with Crippen LogP contribution in [0.4, 0.5) is 16.0 Å². The van der Waals surface area contributed by atoms with Crippen LogP contribution in [0.15, 0.2) is 55.1 Å². The molecule has 4 aromatic rings. The summed E-state index contributed by atoms with van der Waals surface area (Å²) in [5.41, 5.74) is 9.00. The van der Waals surface area contributed by atoms with Crippen molar-refractivity contribution in [3.8, 4) is 11.3 Å². The molecule has 0 aliphatic carbocycles. The minimum absolute atomic E-state index is 0.0391. The van der Waals surface area contributed by atoms with E-state index < -0.39 is 0 Å². The van der Waals surface area contributed by atoms with Crippen LogP contribution in [-0.2, 0) is 0 Å². The maximum Gasteiger partial charge on any atom is 0.166 e. The van der Waals surface area contributed by atoms with E-state index >= 15 is 0 Å². The summed E-state index contributed by atoms with van der Waals surface area (Å²) < 4.78 is 14.9. The van der Waals surface area contributed by atoms with Gasteiger partial charge in [-0.05, 0) is 29.7 Å². The number of anilines is 2. The highest BCUT2D eigenvalue weighted by Crippen LogP contribution is 2.30. The summed E-state index contributed by atoms with van der Waals surface area (Å²) in [5.74, 6) is 0.990. The predicted molar refractivity (Wildman–Crippen MR) is 106 cm³/mol. The van der Waals surface area contributed by atoms with Crippen molar-refractivity contribution in [2.24, 2.45) is 5.92 Å². The topological polar surface area (TPSA) is 94.0 Å². The molecule has 0 bridgehead atoms. The van der Waals surface area contributed by atoms with Crippen molar-refractivity contribution in [3.63, 3.8) is 0 Å². The maximum atomic E-state index is 13.3. The number of nitrogens with zero attached hydrogens (tertiary/aromatic N) is 5. The Kier molecular flexibility index (Phi) is 4.60. The Bertz CT molecular complexity index is 1110. The third-order valence-electron chi connectivity index (χ3n) is 4.54. The molecule has 0 aliphatic heterocycles. The average Bonchev–Trinajstić information content (AvgIpc) is 3.02. The summed E-state index contributed by atoms with van der Waals surface area (Å²) in [6, 6.07) is 10.0. The second-order valence-electron chi connectivity index (χ2n) is 6.85. The zero-order valence-corrected chi connectivity index (χ0v) is 15.5. The van der Waals surface area contributed by atoms with E-state index in [0.717, 1.165) is 5.56 Å². The number of nitrogens with one attached hydrogen (secondary N) is 1. The van der Waals surface area contributed by atoms with Gasteiger partial charge in [0.15, 0.2) is 11.5 Å². The monoisotopic (exact) mass is 377 g/mol. The minimum Gasteiger partial charge on any atom is -0.382 e. The standard InChI is InChI=1S/C20H20FN7/c1-12(2)18(13-4-6-14(21)7-5-13)26-16-10-15(24-11-25-16)17-19(22)27-28-9-3-8-23-20(17)28/h3-12,18H,1-2H3,(H2,22,27)(H,24,25,26)/t18-/m0/s1. The first-order valence-corrected chi connectivity index (χ1v) is 8.96. The number of benzene rings is 1. The van der Waals surface area contributed by atoms with Gasteiger partial charge in [0.2, 0.25) is 0 Å². The lowest BCUT2D eigenvalue weighted by molar-refractivity contribution is 0.542. The van der Waals surface area contributed by atoms with Crippen molar-refractivity contribution in [3.05, 3.63) is 66.5 Å². The molecule has 0 spiro atoms. The SMILES string of the molecule is CC(C)[C@H](Nc1cc(-c2c(N)nn3cccnc23)ncn1)c1ccc(F)cc1. The van der Waals surface area contributed by atoms with Crippen molar-refractivity contribution < 1.29 is 4.39 Å². The van der Waals surface area contributed by atoms with E-state index in [4.69, 9.17) is 5.73 Å². The summed E-state index contributed by atoms with van der Waals surface area (Å²) in [5, 5.41) is 7.70. The molecule has 0 radical (unpaired) electrons. The van der Waals surface area contributed by atoms with Gasteiger partial charge in [-0.1, -0.05) is 26.0 Å². The molecule has 3 aromatic heterocycles. The van der Waals surface area contributed by atoms with Gasteiger partial charge in [-0.3, -0.25) is 0 Å². The molecule has 7 nitrogen and oxygen atoms in total. The number of fused-ring (bicyclic) bond motifs is 1. The van der Waals surface area contributed by atoms with Crippen molar-refractivity contribution in [2.75, 3.05) is 11.1 Å². The van der Waals surface area contributed by atoms with Gasteiger partial charge in [0.05, 0.1) is 17.3 Å². The number of halogens is 1. The van der Waals surface area contributed by atoms with Gasteiger partial charge in [-0.2, -0.15) is 0 Å². The fourth-order valence-electron chi connectivity index (χ4n) is 3.19. The van der Waals surface area contributed by atoms with E-state index in [1.165, 1.54) is 18.5 Å². The molecular formula is C20H20FN7. The highest BCUT2D eigenvalue weighted by atomic mass is 19.1. The van der Waals surface area contributed by atoms with E-state index in [1.54, 1.807) is 35.1 Å². The Morgan fingerprint density at radius 1 is 1.11 bits per heavy atom. The molecule has 0 fully saturated rings. The minimum atomic E-state index is -0.258. The lowest BCUT2D eigenvalue weighted by Gasteiger charge is -2.23. The van der Waals surface area contributed by atoms with Crippen LogP contribution in [0.3, 0.4) is 0 Å². The molecule has 0 saturated heterocycles. The van der Waals surface area contributed by atoms with E-state index in [2.05, 4.69) is 39.2 Å². The fourth-order valence-corrected chi connectivity index (χ4v) is 3.19. The quantitative estimate of drug-likeness (QED) is 0.551. The van der Waals surface area contributed by atoms with E-state index in [9.17, 15) is 4.39 Å². The van der Waals surface area contributed by atoms with E-state index in [1.807, 2.05) is 6.07 Å². The molecule has 0 amide bonds. The largest absolute Gasteiger partial charge is 0.382 e. The van der Waals surface area contributed by atoms with Crippen molar-refractivity contribution in [2.45, 2.75) is 19.9 Å². The lowest BCUT2D eigenvalue weighted by atomic mass is 9.96. The van der Waals surface area contributed by atoms with E-state index in [-0.39, 0.29) is 17.8 Å². The van der Waals surface area contributed by atoms with Gasteiger partial charge in [-0.25, -0.2) is 23.9 Å². The third kappa shape index (κ3) is 3.36. The molecular weight excluding hydrogens is 357 g/mol. The molecule has 28 heavy (non-hydrogen) atoms. The van der Waals surface area contributed by atoms with Gasteiger partial charge >= 0.3 is 0 Å². The molecule has 0 saturated carbocycles. The molecule has 1 atom stereocenters. The van der Waals surface area contributed by atoms with Crippen molar-refractivity contribution in [1.29, 1.82) is 0 Å². The van der Waals surface area contributed by atoms with Crippen molar-refractivity contribution in [1.82, 2.24) is 24.6 Å². The average molecular weight is 377 g/mol. The number of rotatable bonds is 5. The molecule has 3 N–H and O–H groups in total. The maximum absolute atomic E-state index is 13.3. The molecule has 4 rings (SSSR count). The first kappa shape index (κ1) is 17.8. The summed E-state index contributed by atoms with van der Waals surface area (Å²) in [6.07, 6.45) is 4.95. The lowest BCUT2D eigenvalue weighted by Crippen LogP contribution is -2.17. The van der Waals surface area contributed by atoms with Gasteiger partial charge < -0.3 is 11.1 Å². The van der Waals surface area contributed by atoms with Gasteiger partial charge in [0.25, 0.3) is 0 Å². The Morgan fingerprint density at radius 3 is 2.64 bits per heavy atom.